The molecule has 1 aromatic rings. The number of hydrogen-bond acceptors (Lipinski definition) is 3. The van der Waals surface area contributed by atoms with Gasteiger partial charge >= 0.3 is 0 Å². The van der Waals surface area contributed by atoms with Crippen molar-refractivity contribution in [2.75, 3.05) is 11.1 Å². The summed E-state index contributed by atoms with van der Waals surface area (Å²) < 4.78 is 0. The highest BCUT2D eigenvalue weighted by Crippen LogP contribution is 2.37. The fraction of sp³-hybridized carbons (Fsp3) is 0.300. The summed E-state index contributed by atoms with van der Waals surface area (Å²) in [4.78, 5) is 12.4. The van der Waals surface area contributed by atoms with Gasteiger partial charge in [-0.2, -0.15) is 0 Å². The smallest absolute Gasteiger partial charge is 0.228 e. The lowest BCUT2D eigenvalue weighted by molar-refractivity contribution is -0.118. The van der Waals surface area contributed by atoms with E-state index in [-0.39, 0.29) is 17.6 Å². The van der Waals surface area contributed by atoms with Crippen LogP contribution in [0.3, 0.4) is 0 Å². The molecule has 0 fully saturated rings. The zero-order valence-electron chi connectivity index (χ0n) is 7.78. The van der Waals surface area contributed by atoms with Gasteiger partial charge in [0.25, 0.3) is 0 Å². The number of aromatic hydroxyl groups is 1. The van der Waals surface area contributed by atoms with Crippen LogP contribution in [0.2, 0.25) is 0 Å². The zero-order valence-corrected chi connectivity index (χ0v) is 8.60. The fourth-order valence-electron chi connectivity index (χ4n) is 1.30. The molecule has 1 atom stereocenters. The number of para-hydroxylation sites is 1. The summed E-state index contributed by atoms with van der Waals surface area (Å²) in [7, 11) is 0. The molecule has 1 heterocycles. The van der Waals surface area contributed by atoms with Crippen molar-refractivity contribution in [3.8, 4) is 5.75 Å². The molecule has 1 aliphatic heterocycles. The van der Waals surface area contributed by atoms with Gasteiger partial charge in [-0.1, -0.05) is 13.0 Å². The van der Waals surface area contributed by atoms with Gasteiger partial charge in [-0.25, -0.2) is 0 Å². The largest absolute Gasteiger partial charge is 0.506 e. The molecule has 1 unspecified atom stereocenters. The molecule has 2 rings (SSSR count). The van der Waals surface area contributed by atoms with Crippen LogP contribution in [0.1, 0.15) is 6.92 Å². The van der Waals surface area contributed by atoms with Crippen molar-refractivity contribution in [2.45, 2.75) is 11.8 Å². The minimum atomic E-state index is -0.0299. The van der Waals surface area contributed by atoms with Crippen LogP contribution >= 0.6 is 11.8 Å². The van der Waals surface area contributed by atoms with E-state index in [0.29, 0.717) is 5.69 Å². The number of benzene rings is 1. The van der Waals surface area contributed by atoms with Crippen LogP contribution in [0.25, 0.3) is 0 Å². The molecule has 0 aromatic heterocycles. The molecular weight excluding hydrogens is 198 g/mol. The van der Waals surface area contributed by atoms with Crippen LogP contribution in [0.15, 0.2) is 23.1 Å². The molecule has 14 heavy (non-hydrogen) atoms. The molecule has 0 aliphatic carbocycles. The first-order valence-corrected chi connectivity index (χ1v) is 5.42. The number of anilines is 1. The molecule has 3 nitrogen and oxygen atoms in total. The van der Waals surface area contributed by atoms with Crippen LogP contribution in [0.4, 0.5) is 5.69 Å². The molecule has 2 N–H and O–H groups in total. The maximum Gasteiger partial charge on any atom is 0.228 e. The topological polar surface area (TPSA) is 49.3 Å². The molecular formula is C10H11NO2S. The summed E-state index contributed by atoms with van der Waals surface area (Å²) in [5.41, 5.74) is 0.548. The Labute approximate surface area is 86.5 Å². The van der Waals surface area contributed by atoms with Crippen LogP contribution in [0.5, 0.6) is 5.75 Å². The summed E-state index contributed by atoms with van der Waals surface area (Å²) in [6.07, 6.45) is 0. The van der Waals surface area contributed by atoms with E-state index < -0.39 is 0 Å². The van der Waals surface area contributed by atoms with E-state index in [1.54, 1.807) is 23.9 Å². The fourth-order valence-corrected chi connectivity index (χ4v) is 2.36. The molecule has 0 saturated heterocycles. The second kappa shape index (κ2) is 3.53. The van der Waals surface area contributed by atoms with E-state index in [2.05, 4.69) is 5.32 Å². The number of rotatable bonds is 0. The summed E-state index contributed by atoms with van der Waals surface area (Å²) in [5, 5.41) is 12.3. The Balaban J connectivity index is 2.43. The molecule has 0 bridgehead atoms. The summed E-state index contributed by atoms with van der Waals surface area (Å²) >= 11 is 1.59. The van der Waals surface area contributed by atoms with Gasteiger partial charge < -0.3 is 10.4 Å². The van der Waals surface area contributed by atoms with Crippen LogP contribution in [0, 0.1) is 5.92 Å². The number of nitrogens with one attached hydrogen (secondary N) is 1. The molecule has 0 spiro atoms. The first-order valence-electron chi connectivity index (χ1n) is 4.44. The molecule has 74 valence electrons. The maximum absolute atomic E-state index is 11.5. The number of amides is 1. The van der Waals surface area contributed by atoms with Gasteiger partial charge in [-0.15, -0.1) is 11.8 Å². The Bertz CT molecular complexity index is 378. The van der Waals surface area contributed by atoms with Crippen LogP contribution < -0.4 is 5.32 Å². The summed E-state index contributed by atoms with van der Waals surface area (Å²) in [6.45, 7) is 1.88. The monoisotopic (exact) mass is 209 g/mol. The standard InChI is InChI=1S/C10H11NO2S/c1-6-5-14-8-4-2-3-7(12)9(8)11-10(6)13/h2-4,6,12H,5H2,1H3,(H,11,13). The van der Waals surface area contributed by atoms with Gasteiger partial charge in [0.1, 0.15) is 5.75 Å². The third kappa shape index (κ3) is 1.57. The van der Waals surface area contributed by atoms with Crippen LogP contribution in [-0.2, 0) is 4.79 Å². The average Bonchev–Trinajstić information content (AvgIpc) is 2.30. The van der Waals surface area contributed by atoms with Crippen molar-refractivity contribution in [3.63, 3.8) is 0 Å². The van der Waals surface area contributed by atoms with E-state index in [0.717, 1.165) is 10.6 Å². The first-order chi connectivity index (χ1) is 6.68. The van der Waals surface area contributed by atoms with Gasteiger partial charge in [0.2, 0.25) is 5.91 Å². The Hall–Kier alpha value is -1.16. The number of hydrogen-bond donors (Lipinski definition) is 2. The number of thioether (sulfide) groups is 1. The second-order valence-electron chi connectivity index (χ2n) is 3.35. The minimum Gasteiger partial charge on any atom is -0.506 e. The van der Waals surface area contributed by atoms with Gasteiger partial charge in [0.05, 0.1) is 5.69 Å². The van der Waals surface area contributed by atoms with E-state index >= 15 is 0 Å². The Morgan fingerprint density at radius 1 is 1.57 bits per heavy atom. The van der Waals surface area contributed by atoms with Gasteiger partial charge in [0.15, 0.2) is 0 Å². The number of fused-ring (bicyclic) bond motifs is 1. The molecule has 1 amide bonds. The third-order valence-corrected chi connectivity index (χ3v) is 3.51. The lowest BCUT2D eigenvalue weighted by Gasteiger charge is -2.07. The number of phenols is 1. The minimum absolute atomic E-state index is 0.0215. The summed E-state index contributed by atoms with van der Waals surface area (Å²) in [6, 6.07) is 5.26. The SMILES string of the molecule is CC1CSc2cccc(O)c2NC1=O. The average molecular weight is 209 g/mol. The normalized spacial score (nSPS) is 20.9. The molecule has 1 aromatic carbocycles. The van der Waals surface area contributed by atoms with E-state index in [1.165, 1.54) is 0 Å². The molecule has 0 saturated carbocycles. The van der Waals surface area contributed by atoms with Crippen molar-refractivity contribution in [2.24, 2.45) is 5.92 Å². The lowest BCUT2D eigenvalue weighted by Crippen LogP contribution is -2.20. The lowest BCUT2D eigenvalue weighted by atomic mass is 10.2. The van der Waals surface area contributed by atoms with Crippen molar-refractivity contribution >= 4 is 23.4 Å². The summed E-state index contributed by atoms with van der Waals surface area (Å²) in [5.74, 6) is 0.837. The van der Waals surface area contributed by atoms with Gasteiger partial charge in [0, 0.05) is 16.6 Å². The second-order valence-corrected chi connectivity index (χ2v) is 4.41. The van der Waals surface area contributed by atoms with Gasteiger partial charge in [-0.3, -0.25) is 4.79 Å². The van der Waals surface area contributed by atoms with Crippen molar-refractivity contribution in [3.05, 3.63) is 18.2 Å². The zero-order chi connectivity index (χ0) is 10.1. The highest BCUT2D eigenvalue weighted by molar-refractivity contribution is 7.99. The quantitative estimate of drug-likeness (QED) is 0.643. The van der Waals surface area contributed by atoms with E-state index in [9.17, 15) is 9.90 Å². The first kappa shape index (κ1) is 9.40. The number of phenolic OH excluding ortho intramolecular Hbond substituents is 1. The predicted octanol–water partition coefficient (Wildman–Crippen LogP) is 2.07. The number of carbonyl (C=O) groups excluding carboxylic acids is 1. The molecule has 4 heteroatoms. The van der Waals surface area contributed by atoms with Crippen LogP contribution in [-0.4, -0.2) is 16.8 Å². The molecule has 0 radical (unpaired) electrons. The van der Waals surface area contributed by atoms with Gasteiger partial charge in [-0.05, 0) is 12.1 Å². The maximum atomic E-state index is 11.5. The predicted molar refractivity (Wildman–Crippen MR) is 56.6 cm³/mol. The van der Waals surface area contributed by atoms with Crippen molar-refractivity contribution in [1.29, 1.82) is 0 Å². The highest BCUT2D eigenvalue weighted by atomic mass is 32.2. The highest BCUT2D eigenvalue weighted by Gasteiger charge is 2.21. The Morgan fingerprint density at radius 3 is 3.14 bits per heavy atom. The van der Waals surface area contributed by atoms with E-state index in [4.69, 9.17) is 0 Å². The Morgan fingerprint density at radius 2 is 2.36 bits per heavy atom. The number of carbonyl (C=O) groups is 1. The van der Waals surface area contributed by atoms with E-state index in [1.807, 2.05) is 13.0 Å². The molecule has 1 aliphatic rings. The van der Waals surface area contributed by atoms with Crippen molar-refractivity contribution in [1.82, 2.24) is 0 Å². The Kier molecular flexibility index (Phi) is 2.37. The third-order valence-electron chi connectivity index (χ3n) is 2.19. The van der Waals surface area contributed by atoms with Crippen molar-refractivity contribution < 1.29 is 9.90 Å².